The van der Waals surface area contributed by atoms with Gasteiger partial charge in [-0.1, -0.05) is 6.07 Å². The minimum Gasteiger partial charge on any atom is -0.302 e. The first-order chi connectivity index (χ1) is 9.85. The van der Waals surface area contributed by atoms with Crippen LogP contribution in [-0.4, -0.2) is 19.7 Å². The quantitative estimate of drug-likeness (QED) is 0.863. The first-order valence-corrected chi connectivity index (χ1v) is 7.66. The van der Waals surface area contributed by atoms with Gasteiger partial charge in [0, 0.05) is 12.0 Å². The van der Waals surface area contributed by atoms with E-state index in [1.165, 1.54) is 37.4 Å². The lowest BCUT2D eigenvalue weighted by molar-refractivity contribution is 0.626. The molecule has 0 radical (unpaired) electrons. The van der Waals surface area contributed by atoms with Crippen LogP contribution < -0.4 is 0 Å². The molecule has 0 N–H and O–H groups in total. The standard InChI is InChI=1S/C14H13N5S/c15-8-10-2-1-3-12(16-10)20-14-18-17-13(9-4-5-9)19(14)11-6-7-11/h1-3,9,11H,4-7H2. The molecule has 4 rings (SSSR count). The number of hydrogen-bond donors (Lipinski definition) is 0. The molecule has 2 heterocycles. The first kappa shape index (κ1) is 11.9. The summed E-state index contributed by atoms with van der Waals surface area (Å²) in [7, 11) is 0. The summed E-state index contributed by atoms with van der Waals surface area (Å²) in [4.78, 5) is 4.30. The summed E-state index contributed by atoms with van der Waals surface area (Å²) < 4.78 is 2.29. The fourth-order valence-corrected chi connectivity index (χ4v) is 3.18. The van der Waals surface area contributed by atoms with E-state index in [9.17, 15) is 0 Å². The molecule has 0 amide bonds. The molecule has 2 aromatic heterocycles. The van der Waals surface area contributed by atoms with Crippen molar-refractivity contribution < 1.29 is 0 Å². The van der Waals surface area contributed by atoms with Gasteiger partial charge in [-0.15, -0.1) is 10.2 Å². The van der Waals surface area contributed by atoms with E-state index < -0.39 is 0 Å². The molecule has 2 fully saturated rings. The fourth-order valence-electron chi connectivity index (χ4n) is 2.28. The number of pyridine rings is 1. The van der Waals surface area contributed by atoms with Gasteiger partial charge in [-0.05, 0) is 49.6 Å². The van der Waals surface area contributed by atoms with Crippen molar-refractivity contribution in [2.75, 3.05) is 0 Å². The summed E-state index contributed by atoms with van der Waals surface area (Å²) in [6.45, 7) is 0. The number of aromatic nitrogens is 4. The molecular formula is C14H13N5S. The molecule has 0 aliphatic heterocycles. The van der Waals surface area contributed by atoms with Crippen molar-refractivity contribution in [2.45, 2.75) is 47.8 Å². The topological polar surface area (TPSA) is 67.4 Å². The smallest absolute Gasteiger partial charge is 0.197 e. The van der Waals surface area contributed by atoms with Gasteiger partial charge in [0.05, 0.1) is 0 Å². The molecule has 0 atom stereocenters. The predicted octanol–water partition coefficient (Wildman–Crippen LogP) is 2.91. The molecule has 6 heteroatoms. The number of nitriles is 1. The molecule has 0 aromatic carbocycles. The second-order valence-corrected chi connectivity index (χ2v) is 6.28. The lowest BCUT2D eigenvalue weighted by atomic mass is 10.4. The van der Waals surface area contributed by atoms with Crippen molar-refractivity contribution >= 4 is 11.8 Å². The van der Waals surface area contributed by atoms with E-state index in [1.807, 2.05) is 12.1 Å². The summed E-state index contributed by atoms with van der Waals surface area (Å²) in [5.41, 5.74) is 0.440. The van der Waals surface area contributed by atoms with Crippen LogP contribution in [0, 0.1) is 11.3 Å². The molecule has 20 heavy (non-hydrogen) atoms. The maximum absolute atomic E-state index is 8.91. The third kappa shape index (κ3) is 2.18. The average molecular weight is 283 g/mol. The molecule has 2 aliphatic carbocycles. The summed E-state index contributed by atoms with van der Waals surface area (Å²) in [5, 5.41) is 19.4. The number of nitrogens with zero attached hydrogens (tertiary/aromatic N) is 5. The van der Waals surface area contributed by atoms with E-state index in [1.54, 1.807) is 6.07 Å². The van der Waals surface area contributed by atoms with Gasteiger partial charge in [0.15, 0.2) is 5.16 Å². The number of hydrogen-bond acceptors (Lipinski definition) is 5. The second-order valence-electron chi connectivity index (χ2n) is 5.29. The Morgan fingerprint density at radius 3 is 2.75 bits per heavy atom. The van der Waals surface area contributed by atoms with Gasteiger partial charge < -0.3 is 4.57 Å². The van der Waals surface area contributed by atoms with Crippen molar-refractivity contribution in [3.05, 3.63) is 29.7 Å². The fraction of sp³-hybridized carbons (Fsp3) is 0.429. The Morgan fingerprint density at radius 2 is 2.05 bits per heavy atom. The largest absolute Gasteiger partial charge is 0.302 e. The normalized spacial score (nSPS) is 17.9. The SMILES string of the molecule is N#Cc1cccc(Sc2nnc(C3CC3)n2C2CC2)n1. The van der Waals surface area contributed by atoms with E-state index in [0.717, 1.165) is 16.0 Å². The lowest BCUT2D eigenvalue weighted by Crippen LogP contribution is -2.02. The minimum atomic E-state index is 0.440. The van der Waals surface area contributed by atoms with Crippen molar-refractivity contribution in [3.63, 3.8) is 0 Å². The maximum Gasteiger partial charge on any atom is 0.197 e. The summed E-state index contributed by atoms with van der Waals surface area (Å²) in [6, 6.07) is 8.12. The molecule has 0 spiro atoms. The highest BCUT2D eigenvalue weighted by Crippen LogP contribution is 2.46. The Morgan fingerprint density at radius 1 is 1.20 bits per heavy atom. The first-order valence-electron chi connectivity index (χ1n) is 6.85. The van der Waals surface area contributed by atoms with Crippen molar-refractivity contribution in [2.24, 2.45) is 0 Å². The van der Waals surface area contributed by atoms with Gasteiger partial charge in [-0.2, -0.15) is 5.26 Å². The number of rotatable bonds is 4. The molecule has 2 saturated carbocycles. The second kappa shape index (κ2) is 4.60. The van der Waals surface area contributed by atoms with Gasteiger partial charge in [0.2, 0.25) is 0 Å². The highest BCUT2D eigenvalue weighted by molar-refractivity contribution is 7.99. The molecule has 2 aliphatic rings. The van der Waals surface area contributed by atoms with E-state index >= 15 is 0 Å². The zero-order valence-corrected chi connectivity index (χ0v) is 11.7. The molecule has 5 nitrogen and oxygen atoms in total. The Bertz CT molecular complexity index is 694. The molecular weight excluding hydrogens is 270 g/mol. The van der Waals surface area contributed by atoms with Gasteiger partial charge in [-0.3, -0.25) is 0 Å². The van der Waals surface area contributed by atoms with Gasteiger partial charge in [0.25, 0.3) is 0 Å². The molecule has 0 unspecified atom stereocenters. The van der Waals surface area contributed by atoms with Crippen LogP contribution in [0.1, 0.15) is 49.2 Å². The molecule has 2 aromatic rings. The zero-order chi connectivity index (χ0) is 13.5. The Hall–Kier alpha value is -1.87. The van der Waals surface area contributed by atoms with Gasteiger partial charge in [0.1, 0.15) is 22.6 Å². The highest BCUT2D eigenvalue weighted by Gasteiger charge is 2.36. The third-order valence-corrected chi connectivity index (χ3v) is 4.48. The van der Waals surface area contributed by atoms with E-state index in [-0.39, 0.29) is 0 Å². The van der Waals surface area contributed by atoms with Crippen LogP contribution in [0.3, 0.4) is 0 Å². The maximum atomic E-state index is 8.91. The lowest BCUT2D eigenvalue weighted by Gasteiger charge is -2.07. The summed E-state index contributed by atoms with van der Waals surface area (Å²) >= 11 is 1.51. The van der Waals surface area contributed by atoms with E-state index in [4.69, 9.17) is 5.26 Å². The molecule has 0 bridgehead atoms. The summed E-state index contributed by atoms with van der Waals surface area (Å²) in [5.74, 6) is 1.75. The third-order valence-electron chi connectivity index (χ3n) is 3.58. The highest BCUT2D eigenvalue weighted by atomic mass is 32.2. The Labute approximate surface area is 121 Å². The molecule has 0 saturated heterocycles. The van der Waals surface area contributed by atoms with Gasteiger partial charge in [-0.25, -0.2) is 4.98 Å². The van der Waals surface area contributed by atoms with Crippen molar-refractivity contribution in [1.82, 2.24) is 19.7 Å². The van der Waals surface area contributed by atoms with Crippen LogP contribution in [0.4, 0.5) is 0 Å². The van der Waals surface area contributed by atoms with Crippen LogP contribution in [0.15, 0.2) is 28.4 Å². The predicted molar refractivity (Wildman–Crippen MR) is 73.3 cm³/mol. The van der Waals surface area contributed by atoms with Crippen LogP contribution in [0.5, 0.6) is 0 Å². The van der Waals surface area contributed by atoms with Crippen molar-refractivity contribution in [3.8, 4) is 6.07 Å². The van der Waals surface area contributed by atoms with Crippen LogP contribution in [0.2, 0.25) is 0 Å². The Kier molecular flexibility index (Phi) is 2.74. The van der Waals surface area contributed by atoms with Crippen LogP contribution in [-0.2, 0) is 0 Å². The summed E-state index contributed by atoms with van der Waals surface area (Å²) in [6.07, 6.45) is 4.91. The Balaban J connectivity index is 1.66. The average Bonchev–Trinajstić information content (AvgIpc) is 3.38. The van der Waals surface area contributed by atoms with Crippen molar-refractivity contribution in [1.29, 1.82) is 5.26 Å². The van der Waals surface area contributed by atoms with E-state index in [2.05, 4.69) is 25.8 Å². The van der Waals surface area contributed by atoms with Gasteiger partial charge >= 0.3 is 0 Å². The molecule has 100 valence electrons. The van der Waals surface area contributed by atoms with Crippen LogP contribution in [0.25, 0.3) is 0 Å². The monoisotopic (exact) mass is 283 g/mol. The zero-order valence-electron chi connectivity index (χ0n) is 10.9. The minimum absolute atomic E-state index is 0.440. The van der Waals surface area contributed by atoms with Crippen LogP contribution >= 0.6 is 11.8 Å². The van der Waals surface area contributed by atoms with E-state index in [0.29, 0.717) is 17.7 Å².